The van der Waals surface area contributed by atoms with Crippen LogP contribution in [0.4, 0.5) is 0 Å². The molecule has 6 heteroatoms. The molecule has 1 aromatic heterocycles. The molecule has 1 unspecified atom stereocenters. The summed E-state index contributed by atoms with van der Waals surface area (Å²) in [5.74, 6) is -0.414. The van der Waals surface area contributed by atoms with Gasteiger partial charge in [-0.05, 0) is 26.3 Å². The number of carbonyl (C=O) groups is 1. The monoisotopic (exact) mass is 323 g/mol. The van der Waals surface area contributed by atoms with Crippen LogP contribution in [-0.4, -0.2) is 22.4 Å². The number of rotatable bonds is 5. The minimum Gasteiger partial charge on any atom is -0.465 e. The van der Waals surface area contributed by atoms with Gasteiger partial charge in [-0.15, -0.1) is 12.4 Å². The van der Waals surface area contributed by atoms with Crippen molar-refractivity contribution >= 4 is 18.4 Å². The lowest BCUT2D eigenvalue weighted by Gasteiger charge is -2.11. The van der Waals surface area contributed by atoms with E-state index < -0.39 is 12.0 Å². The van der Waals surface area contributed by atoms with Crippen molar-refractivity contribution in [2.24, 2.45) is 5.73 Å². The van der Waals surface area contributed by atoms with E-state index in [2.05, 4.69) is 5.10 Å². The van der Waals surface area contributed by atoms with Gasteiger partial charge in [-0.3, -0.25) is 4.68 Å². The Hall–Kier alpha value is -1.85. The third-order valence-electron chi connectivity index (χ3n) is 3.46. The molecule has 0 saturated carbocycles. The number of aromatic nitrogens is 2. The van der Waals surface area contributed by atoms with Gasteiger partial charge in [0.05, 0.1) is 18.8 Å². The molecule has 2 rings (SSSR count). The number of esters is 1. The summed E-state index contributed by atoms with van der Waals surface area (Å²) in [4.78, 5) is 11.8. The maximum absolute atomic E-state index is 11.8. The molecule has 22 heavy (non-hydrogen) atoms. The number of benzene rings is 1. The van der Waals surface area contributed by atoms with E-state index in [9.17, 15) is 4.79 Å². The van der Waals surface area contributed by atoms with Crippen LogP contribution in [-0.2, 0) is 16.1 Å². The van der Waals surface area contributed by atoms with Gasteiger partial charge >= 0.3 is 5.97 Å². The van der Waals surface area contributed by atoms with Crippen molar-refractivity contribution in [3.8, 4) is 0 Å². The zero-order valence-electron chi connectivity index (χ0n) is 13.1. The van der Waals surface area contributed by atoms with Crippen LogP contribution in [0.25, 0.3) is 0 Å². The molecule has 0 amide bonds. The fourth-order valence-corrected chi connectivity index (χ4v) is 2.42. The molecule has 1 heterocycles. The first-order chi connectivity index (χ1) is 10.0. The molecule has 0 saturated heterocycles. The predicted molar refractivity (Wildman–Crippen MR) is 88.1 cm³/mol. The minimum atomic E-state index is -0.783. The molecule has 0 bridgehead atoms. The first-order valence-electron chi connectivity index (χ1n) is 7.04. The average Bonchev–Trinajstić information content (AvgIpc) is 2.74. The molecule has 0 spiro atoms. The van der Waals surface area contributed by atoms with E-state index >= 15 is 0 Å². The molecular formula is C16H22ClN3O2. The molecule has 0 aliphatic heterocycles. The highest BCUT2D eigenvalue weighted by molar-refractivity contribution is 5.85. The van der Waals surface area contributed by atoms with Crippen molar-refractivity contribution in [3.63, 3.8) is 0 Å². The van der Waals surface area contributed by atoms with Crippen molar-refractivity contribution in [1.29, 1.82) is 0 Å². The highest BCUT2D eigenvalue weighted by Crippen LogP contribution is 2.21. The number of aryl methyl sites for hydroxylation is 1. The molecular weight excluding hydrogens is 302 g/mol. The summed E-state index contributed by atoms with van der Waals surface area (Å²) in [7, 11) is 0. The van der Waals surface area contributed by atoms with E-state index in [0.29, 0.717) is 13.2 Å². The number of nitrogens with zero attached hydrogens (tertiary/aromatic N) is 2. The number of halogens is 1. The summed E-state index contributed by atoms with van der Waals surface area (Å²) in [6.45, 7) is 6.54. The molecule has 0 aliphatic rings. The van der Waals surface area contributed by atoms with E-state index in [0.717, 1.165) is 22.5 Å². The standard InChI is InChI=1S/C16H21N3O2.ClH/c1-4-21-16(20)15(17)14-11(2)18-19(12(14)3)10-13-8-6-5-7-9-13;/h5-9,15H,4,10,17H2,1-3H3;1H. The summed E-state index contributed by atoms with van der Waals surface area (Å²) in [5.41, 5.74) is 9.58. The van der Waals surface area contributed by atoms with Gasteiger partial charge in [-0.2, -0.15) is 5.10 Å². The SMILES string of the molecule is CCOC(=O)C(N)c1c(C)nn(Cc2ccccc2)c1C.Cl. The molecule has 1 aromatic carbocycles. The third kappa shape index (κ3) is 3.87. The molecule has 2 N–H and O–H groups in total. The molecule has 120 valence electrons. The Balaban J connectivity index is 0.00000242. The lowest BCUT2D eigenvalue weighted by molar-refractivity contribution is -0.144. The van der Waals surface area contributed by atoms with Gasteiger partial charge < -0.3 is 10.5 Å². The maximum Gasteiger partial charge on any atom is 0.327 e. The van der Waals surface area contributed by atoms with E-state index in [4.69, 9.17) is 10.5 Å². The van der Waals surface area contributed by atoms with E-state index in [1.807, 2.05) is 48.9 Å². The Bertz CT molecular complexity index is 626. The predicted octanol–water partition coefficient (Wildman–Crippen LogP) is 2.53. The molecule has 0 fully saturated rings. The fraction of sp³-hybridized carbons (Fsp3) is 0.375. The lowest BCUT2D eigenvalue weighted by Crippen LogP contribution is -2.25. The van der Waals surface area contributed by atoms with Gasteiger partial charge in [0.2, 0.25) is 0 Å². The van der Waals surface area contributed by atoms with Crippen molar-refractivity contribution in [3.05, 3.63) is 52.8 Å². The van der Waals surface area contributed by atoms with Gasteiger partial charge in [-0.25, -0.2) is 4.79 Å². The lowest BCUT2D eigenvalue weighted by atomic mass is 10.1. The van der Waals surface area contributed by atoms with E-state index in [1.54, 1.807) is 6.92 Å². The average molecular weight is 324 g/mol. The van der Waals surface area contributed by atoms with Crippen molar-refractivity contribution in [2.75, 3.05) is 6.61 Å². The van der Waals surface area contributed by atoms with Crippen molar-refractivity contribution in [2.45, 2.75) is 33.4 Å². The molecule has 0 radical (unpaired) electrons. The second-order valence-corrected chi connectivity index (χ2v) is 4.96. The van der Waals surface area contributed by atoms with Crippen LogP contribution in [0.3, 0.4) is 0 Å². The third-order valence-corrected chi connectivity index (χ3v) is 3.46. The summed E-state index contributed by atoms with van der Waals surface area (Å²) < 4.78 is 6.87. The van der Waals surface area contributed by atoms with Gasteiger partial charge in [-0.1, -0.05) is 30.3 Å². The van der Waals surface area contributed by atoms with Crippen LogP contribution >= 0.6 is 12.4 Å². The van der Waals surface area contributed by atoms with Gasteiger partial charge in [0.25, 0.3) is 0 Å². The summed E-state index contributed by atoms with van der Waals surface area (Å²) in [6, 6.07) is 9.27. The Morgan fingerprint density at radius 1 is 1.32 bits per heavy atom. The highest BCUT2D eigenvalue weighted by atomic mass is 35.5. The Labute approximate surface area is 136 Å². The maximum atomic E-state index is 11.8. The zero-order chi connectivity index (χ0) is 15.4. The first kappa shape index (κ1) is 18.2. The molecule has 2 aromatic rings. The summed E-state index contributed by atoms with van der Waals surface area (Å²) in [5, 5.41) is 4.50. The number of ether oxygens (including phenoxy) is 1. The van der Waals surface area contributed by atoms with E-state index in [1.165, 1.54) is 0 Å². The second kappa shape index (κ2) is 7.96. The second-order valence-electron chi connectivity index (χ2n) is 4.96. The Morgan fingerprint density at radius 3 is 2.55 bits per heavy atom. The quantitative estimate of drug-likeness (QED) is 0.858. The molecule has 0 aliphatic carbocycles. The van der Waals surface area contributed by atoms with Crippen LogP contribution < -0.4 is 5.73 Å². The van der Waals surface area contributed by atoms with Gasteiger partial charge in [0.15, 0.2) is 0 Å². The van der Waals surface area contributed by atoms with Crippen LogP contribution in [0.15, 0.2) is 30.3 Å². The topological polar surface area (TPSA) is 70.1 Å². The van der Waals surface area contributed by atoms with Crippen LogP contribution in [0, 0.1) is 13.8 Å². The van der Waals surface area contributed by atoms with Crippen LogP contribution in [0.2, 0.25) is 0 Å². The Morgan fingerprint density at radius 2 is 1.95 bits per heavy atom. The van der Waals surface area contributed by atoms with Crippen molar-refractivity contribution in [1.82, 2.24) is 9.78 Å². The first-order valence-corrected chi connectivity index (χ1v) is 7.04. The van der Waals surface area contributed by atoms with Gasteiger partial charge in [0.1, 0.15) is 6.04 Å². The number of nitrogens with two attached hydrogens (primary N) is 1. The summed E-state index contributed by atoms with van der Waals surface area (Å²) >= 11 is 0. The molecule has 5 nitrogen and oxygen atoms in total. The largest absolute Gasteiger partial charge is 0.465 e. The number of hydrogen-bond acceptors (Lipinski definition) is 4. The van der Waals surface area contributed by atoms with Gasteiger partial charge in [0, 0.05) is 11.3 Å². The normalized spacial score (nSPS) is 11.6. The smallest absolute Gasteiger partial charge is 0.327 e. The zero-order valence-corrected chi connectivity index (χ0v) is 13.9. The highest BCUT2D eigenvalue weighted by Gasteiger charge is 2.24. The van der Waals surface area contributed by atoms with Crippen molar-refractivity contribution < 1.29 is 9.53 Å². The Kier molecular flexibility index (Phi) is 6.59. The van der Waals surface area contributed by atoms with Crippen LogP contribution in [0.5, 0.6) is 0 Å². The summed E-state index contributed by atoms with van der Waals surface area (Å²) in [6.07, 6.45) is 0. The van der Waals surface area contributed by atoms with Crippen LogP contribution in [0.1, 0.15) is 35.5 Å². The molecule has 1 atom stereocenters. The minimum absolute atomic E-state index is 0. The van der Waals surface area contributed by atoms with E-state index in [-0.39, 0.29) is 12.4 Å². The fourth-order valence-electron chi connectivity index (χ4n) is 2.42. The number of hydrogen-bond donors (Lipinski definition) is 1. The number of carbonyl (C=O) groups excluding carboxylic acids is 1.